The van der Waals surface area contributed by atoms with E-state index >= 15 is 0 Å². The molecule has 5 nitrogen and oxygen atoms in total. The summed E-state index contributed by atoms with van der Waals surface area (Å²) in [7, 11) is 3.33. The van der Waals surface area contributed by atoms with Gasteiger partial charge in [0, 0.05) is 7.05 Å². The number of ether oxygens (including phenoxy) is 1. The summed E-state index contributed by atoms with van der Waals surface area (Å²) >= 11 is 1.59. The fraction of sp³-hybridized carbons (Fsp3) is 0.118. The average molecular weight is 325 g/mol. The molecular weight excluding hydrogens is 310 g/mol. The van der Waals surface area contributed by atoms with E-state index in [4.69, 9.17) is 0 Å². The molecule has 3 aromatic rings. The second-order valence-corrected chi connectivity index (χ2v) is 5.88. The van der Waals surface area contributed by atoms with Gasteiger partial charge in [0.2, 0.25) is 4.80 Å². The van der Waals surface area contributed by atoms with Crippen molar-refractivity contribution in [1.29, 1.82) is 0 Å². The fourth-order valence-electron chi connectivity index (χ4n) is 2.15. The summed E-state index contributed by atoms with van der Waals surface area (Å²) in [5, 5.41) is 8.41. The summed E-state index contributed by atoms with van der Waals surface area (Å²) in [5.74, 6) is -0.351. The number of rotatable bonds is 3. The average Bonchev–Trinajstić information content (AvgIpc) is 2.91. The van der Waals surface area contributed by atoms with Crippen LogP contribution in [0.4, 0.5) is 0 Å². The molecule has 0 fully saturated rings. The molecule has 1 heterocycles. The highest BCUT2D eigenvalue weighted by Crippen LogP contribution is 2.15. The molecule has 0 amide bonds. The van der Waals surface area contributed by atoms with E-state index in [1.54, 1.807) is 41.8 Å². The van der Waals surface area contributed by atoms with Crippen LogP contribution in [0.5, 0.6) is 0 Å². The lowest BCUT2D eigenvalue weighted by Gasteiger charge is -1.98. The van der Waals surface area contributed by atoms with Crippen LogP contribution in [0.1, 0.15) is 15.9 Å². The van der Waals surface area contributed by atoms with Gasteiger partial charge in [-0.1, -0.05) is 35.6 Å². The maximum absolute atomic E-state index is 11.4. The van der Waals surface area contributed by atoms with E-state index < -0.39 is 0 Å². The van der Waals surface area contributed by atoms with Gasteiger partial charge in [0.25, 0.3) is 0 Å². The molecule has 0 atom stereocenters. The number of fused-ring (bicyclic) bond motifs is 1. The summed E-state index contributed by atoms with van der Waals surface area (Å²) in [6.07, 6.45) is 1.66. The zero-order chi connectivity index (χ0) is 16.2. The van der Waals surface area contributed by atoms with E-state index in [0.29, 0.717) is 5.56 Å². The van der Waals surface area contributed by atoms with Crippen molar-refractivity contribution < 1.29 is 9.53 Å². The van der Waals surface area contributed by atoms with Crippen LogP contribution in [0, 0.1) is 0 Å². The van der Waals surface area contributed by atoms with Crippen molar-refractivity contribution in [2.24, 2.45) is 17.3 Å². The molecule has 2 aromatic carbocycles. The van der Waals surface area contributed by atoms with Crippen LogP contribution in [-0.2, 0) is 11.8 Å². The van der Waals surface area contributed by atoms with E-state index in [0.717, 1.165) is 15.9 Å². The number of methoxy groups -OCH3 is 1. The number of carbonyl (C=O) groups excluding carboxylic acids is 1. The van der Waals surface area contributed by atoms with Gasteiger partial charge in [-0.3, -0.25) is 0 Å². The first-order valence-corrected chi connectivity index (χ1v) is 7.80. The molecule has 0 saturated carbocycles. The normalized spacial score (nSPS) is 12.2. The fourth-order valence-corrected chi connectivity index (χ4v) is 3.12. The van der Waals surface area contributed by atoms with Crippen LogP contribution in [0.25, 0.3) is 10.2 Å². The number of nitrogens with zero attached hydrogens (tertiary/aromatic N) is 3. The maximum atomic E-state index is 11.4. The summed E-state index contributed by atoms with van der Waals surface area (Å²) in [5.41, 5.74) is 2.51. The lowest BCUT2D eigenvalue weighted by Crippen LogP contribution is -2.08. The smallest absolute Gasteiger partial charge is 0.337 e. The van der Waals surface area contributed by atoms with Crippen LogP contribution in [0.3, 0.4) is 0 Å². The Bertz CT molecular complexity index is 936. The van der Waals surface area contributed by atoms with Crippen molar-refractivity contribution in [3.63, 3.8) is 0 Å². The van der Waals surface area contributed by atoms with Crippen LogP contribution in [0.15, 0.2) is 58.7 Å². The lowest BCUT2D eigenvalue weighted by atomic mass is 10.1. The Morgan fingerprint density at radius 1 is 1.17 bits per heavy atom. The quantitative estimate of drug-likeness (QED) is 0.422. The molecule has 0 radical (unpaired) electrons. The van der Waals surface area contributed by atoms with Crippen LogP contribution >= 0.6 is 11.3 Å². The highest BCUT2D eigenvalue weighted by molar-refractivity contribution is 7.16. The van der Waals surface area contributed by atoms with Gasteiger partial charge in [-0.05, 0) is 29.8 Å². The molecule has 116 valence electrons. The molecule has 0 aliphatic rings. The Labute approximate surface area is 137 Å². The molecule has 0 aliphatic heterocycles. The Hall–Kier alpha value is -2.73. The zero-order valence-electron chi connectivity index (χ0n) is 12.8. The third-order valence-electron chi connectivity index (χ3n) is 3.40. The highest BCUT2D eigenvalue weighted by atomic mass is 32.1. The Balaban J connectivity index is 1.84. The van der Waals surface area contributed by atoms with E-state index in [9.17, 15) is 4.79 Å². The SMILES string of the molecule is COC(=O)c1ccc(/C=N/N=c2/sc3ccccc3n2C)cc1. The van der Waals surface area contributed by atoms with Crippen LogP contribution < -0.4 is 4.80 Å². The van der Waals surface area contributed by atoms with Crippen molar-refractivity contribution in [2.45, 2.75) is 0 Å². The van der Waals surface area contributed by atoms with Gasteiger partial charge in [-0.15, -0.1) is 5.10 Å². The number of carbonyl (C=O) groups is 1. The van der Waals surface area contributed by atoms with Crippen molar-refractivity contribution in [3.05, 3.63) is 64.5 Å². The Kier molecular flexibility index (Phi) is 4.34. The first kappa shape index (κ1) is 15.2. The number of aromatic nitrogens is 1. The Morgan fingerprint density at radius 2 is 1.91 bits per heavy atom. The number of thiazole rings is 1. The molecule has 6 heteroatoms. The Morgan fingerprint density at radius 3 is 2.61 bits per heavy atom. The molecule has 3 rings (SSSR count). The van der Waals surface area contributed by atoms with Crippen molar-refractivity contribution in [3.8, 4) is 0 Å². The summed E-state index contributed by atoms with van der Waals surface area (Å²) in [6, 6.07) is 15.1. The minimum absolute atomic E-state index is 0.351. The number of benzene rings is 2. The van der Waals surface area contributed by atoms with Gasteiger partial charge >= 0.3 is 5.97 Å². The zero-order valence-corrected chi connectivity index (χ0v) is 13.6. The number of esters is 1. The predicted octanol–water partition coefficient (Wildman–Crippen LogP) is 2.96. The standard InChI is InChI=1S/C17H15N3O2S/c1-20-14-5-3-4-6-15(14)23-17(20)19-18-11-12-7-9-13(10-8-12)16(21)22-2/h3-11H,1-2H3/b18-11+,19-17+. The highest BCUT2D eigenvalue weighted by Gasteiger charge is 2.03. The number of aryl methyl sites for hydroxylation is 1. The molecule has 0 spiro atoms. The van der Waals surface area contributed by atoms with Crippen LogP contribution in [0.2, 0.25) is 0 Å². The molecule has 0 bridgehead atoms. The van der Waals surface area contributed by atoms with E-state index in [-0.39, 0.29) is 5.97 Å². The molecule has 0 N–H and O–H groups in total. The van der Waals surface area contributed by atoms with E-state index in [1.807, 2.05) is 23.7 Å². The van der Waals surface area contributed by atoms with Crippen molar-refractivity contribution in [1.82, 2.24) is 4.57 Å². The molecule has 0 unspecified atom stereocenters. The number of hydrogen-bond acceptors (Lipinski definition) is 5. The second kappa shape index (κ2) is 6.58. The second-order valence-electron chi connectivity index (χ2n) is 4.87. The predicted molar refractivity (Wildman–Crippen MR) is 91.7 cm³/mol. The minimum Gasteiger partial charge on any atom is -0.465 e. The first-order chi connectivity index (χ1) is 11.2. The summed E-state index contributed by atoms with van der Waals surface area (Å²) < 4.78 is 7.85. The maximum Gasteiger partial charge on any atom is 0.337 e. The third-order valence-corrected chi connectivity index (χ3v) is 4.50. The van der Waals surface area contributed by atoms with Crippen molar-refractivity contribution in [2.75, 3.05) is 7.11 Å². The van der Waals surface area contributed by atoms with Gasteiger partial charge in [0.1, 0.15) is 0 Å². The van der Waals surface area contributed by atoms with E-state index in [1.165, 1.54) is 11.8 Å². The molecule has 23 heavy (non-hydrogen) atoms. The van der Waals surface area contributed by atoms with Gasteiger partial charge in [-0.2, -0.15) is 5.10 Å². The van der Waals surface area contributed by atoms with Crippen LogP contribution in [-0.4, -0.2) is 23.9 Å². The third kappa shape index (κ3) is 3.22. The monoisotopic (exact) mass is 325 g/mol. The van der Waals surface area contributed by atoms with Gasteiger partial charge in [-0.25, -0.2) is 4.79 Å². The number of para-hydroxylation sites is 1. The largest absolute Gasteiger partial charge is 0.465 e. The van der Waals surface area contributed by atoms with Gasteiger partial charge in [0.15, 0.2) is 0 Å². The molecule has 0 saturated heterocycles. The summed E-state index contributed by atoms with van der Waals surface area (Å²) in [6.45, 7) is 0. The first-order valence-electron chi connectivity index (χ1n) is 6.99. The molecular formula is C17H15N3O2S. The lowest BCUT2D eigenvalue weighted by molar-refractivity contribution is 0.0600. The van der Waals surface area contributed by atoms with Crippen molar-refractivity contribution >= 4 is 33.7 Å². The van der Waals surface area contributed by atoms with E-state index in [2.05, 4.69) is 27.1 Å². The van der Waals surface area contributed by atoms with Gasteiger partial charge in [0.05, 0.1) is 29.1 Å². The minimum atomic E-state index is -0.351. The van der Waals surface area contributed by atoms with Gasteiger partial charge < -0.3 is 9.30 Å². The number of hydrogen-bond donors (Lipinski definition) is 0. The topological polar surface area (TPSA) is 55.9 Å². The summed E-state index contributed by atoms with van der Waals surface area (Å²) in [4.78, 5) is 12.2. The molecule has 0 aliphatic carbocycles. The molecule has 1 aromatic heterocycles.